The van der Waals surface area contributed by atoms with Crippen LogP contribution in [0.15, 0.2) is 48.2 Å². The topological polar surface area (TPSA) is 82.2 Å². The highest BCUT2D eigenvalue weighted by molar-refractivity contribution is 5.97. The molecule has 5 nitrogen and oxygen atoms in total. The Morgan fingerprint density at radius 2 is 1.89 bits per heavy atom. The van der Waals surface area contributed by atoms with E-state index in [1.54, 1.807) is 6.92 Å². The molecule has 0 radical (unpaired) electrons. The number of carboxylic acid groups (broad SMARTS) is 1. The molecule has 3 N–H and O–H groups in total. The highest BCUT2D eigenvalue weighted by Gasteiger charge is 2.09. The molecule has 0 saturated heterocycles. The Balaban J connectivity index is 1.85. The van der Waals surface area contributed by atoms with E-state index >= 15 is 0 Å². The Kier molecular flexibility index (Phi) is 5.64. The van der Waals surface area contributed by atoms with Gasteiger partial charge < -0.3 is 15.4 Å². The summed E-state index contributed by atoms with van der Waals surface area (Å²) in [5.41, 5.74) is 7.18. The lowest BCUT2D eigenvalue weighted by molar-refractivity contribution is -0.136. The second-order valence-electron chi connectivity index (χ2n) is 7.03. The highest BCUT2D eigenvalue weighted by Crippen LogP contribution is 2.29. The minimum absolute atomic E-state index is 0.0860. The van der Waals surface area contributed by atoms with Crippen molar-refractivity contribution in [3.8, 4) is 11.1 Å². The molecule has 144 valence electrons. The van der Waals surface area contributed by atoms with Crippen molar-refractivity contribution in [2.45, 2.75) is 27.2 Å². The Morgan fingerprint density at radius 1 is 1.11 bits per heavy atom. The monoisotopic (exact) mass is 376 g/mol. The van der Waals surface area contributed by atoms with Crippen LogP contribution in [0.3, 0.4) is 0 Å². The second-order valence-corrected chi connectivity index (χ2v) is 7.03. The zero-order chi connectivity index (χ0) is 20.3. The van der Waals surface area contributed by atoms with Gasteiger partial charge in [-0.3, -0.25) is 9.59 Å². The van der Waals surface area contributed by atoms with E-state index in [1.165, 1.54) is 10.9 Å². The van der Waals surface area contributed by atoms with Crippen LogP contribution in [-0.2, 0) is 9.59 Å². The van der Waals surface area contributed by atoms with Crippen molar-refractivity contribution in [3.05, 3.63) is 64.9 Å². The molecule has 0 spiro atoms. The number of benzene rings is 2. The predicted molar refractivity (Wildman–Crippen MR) is 112 cm³/mol. The zero-order valence-corrected chi connectivity index (χ0v) is 16.3. The molecule has 0 unspecified atom stereocenters. The smallest absolute Gasteiger partial charge is 0.305 e. The maximum absolute atomic E-state index is 12.1. The van der Waals surface area contributed by atoms with Crippen LogP contribution in [0.25, 0.3) is 28.1 Å². The van der Waals surface area contributed by atoms with Crippen LogP contribution in [0.1, 0.15) is 30.0 Å². The van der Waals surface area contributed by atoms with Gasteiger partial charge in [-0.05, 0) is 78.2 Å². The number of aromatic amines is 1. The van der Waals surface area contributed by atoms with E-state index in [-0.39, 0.29) is 18.9 Å². The molecule has 0 fully saturated rings. The van der Waals surface area contributed by atoms with Crippen molar-refractivity contribution in [1.29, 1.82) is 0 Å². The van der Waals surface area contributed by atoms with E-state index < -0.39 is 5.97 Å². The molecule has 0 atom stereocenters. The maximum Gasteiger partial charge on any atom is 0.305 e. The van der Waals surface area contributed by atoms with E-state index in [4.69, 9.17) is 5.11 Å². The minimum atomic E-state index is -0.929. The number of carbonyl (C=O) groups excluding carboxylic acids is 1. The van der Waals surface area contributed by atoms with Crippen molar-refractivity contribution in [3.63, 3.8) is 0 Å². The summed E-state index contributed by atoms with van der Waals surface area (Å²) in [5.74, 6) is -1.18. The van der Waals surface area contributed by atoms with E-state index in [9.17, 15) is 9.59 Å². The lowest BCUT2D eigenvalue weighted by Gasteiger charge is -2.12. The highest BCUT2D eigenvalue weighted by atomic mass is 16.4. The van der Waals surface area contributed by atoms with Gasteiger partial charge in [-0.1, -0.05) is 18.2 Å². The Hall–Kier alpha value is -3.34. The van der Waals surface area contributed by atoms with Crippen LogP contribution in [0.2, 0.25) is 0 Å². The molecule has 28 heavy (non-hydrogen) atoms. The third-order valence-corrected chi connectivity index (χ3v) is 4.83. The lowest BCUT2D eigenvalue weighted by atomic mass is 9.93. The molecule has 0 aliphatic carbocycles. The van der Waals surface area contributed by atoms with Gasteiger partial charge in [-0.2, -0.15) is 0 Å². The molecular formula is C23H24N2O3. The van der Waals surface area contributed by atoms with Crippen molar-refractivity contribution in [2.24, 2.45) is 0 Å². The third-order valence-electron chi connectivity index (χ3n) is 4.83. The lowest BCUT2D eigenvalue weighted by Crippen LogP contribution is -2.26. The Bertz CT molecular complexity index is 1080. The number of aryl methyl sites for hydroxylation is 2. The van der Waals surface area contributed by atoms with Crippen molar-refractivity contribution < 1.29 is 14.7 Å². The summed E-state index contributed by atoms with van der Waals surface area (Å²) < 4.78 is 0. The SMILES string of the molecule is CC(=Cc1cc(C)c(-c2ccc3[nH]ccc3c2)cc1C)C(=O)NCCC(=O)O. The van der Waals surface area contributed by atoms with Crippen LogP contribution >= 0.6 is 0 Å². The van der Waals surface area contributed by atoms with Crippen LogP contribution in [0.4, 0.5) is 0 Å². The van der Waals surface area contributed by atoms with E-state index in [0.717, 1.165) is 27.8 Å². The fourth-order valence-electron chi connectivity index (χ4n) is 3.25. The number of hydrogen-bond acceptors (Lipinski definition) is 2. The molecule has 0 aliphatic heterocycles. The van der Waals surface area contributed by atoms with Gasteiger partial charge in [0, 0.05) is 23.8 Å². The summed E-state index contributed by atoms with van der Waals surface area (Å²) in [4.78, 5) is 25.9. The van der Waals surface area contributed by atoms with Gasteiger partial charge in [-0.15, -0.1) is 0 Å². The Morgan fingerprint density at radius 3 is 2.64 bits per heavy atom. The van der Waals surface area contributed by atoms with Crippen molar-refractivity contribution in [1.82, 2.24) is 10.3 Å². The molecule has 0 saturated carbocycles. The van der Waals surface area contributed by atoms with Gasteiger partial charge in [0.1, 0.15) is 0 Å². The molecule has 1 amide bonds. The molecule has 3 aromatic rings. The summed E-state index contributed by atoms with van der Waals surface area (Å²) in [6, 6.07) is 12.6. The second kappa shape index (κ2) is 8.13. The van der Waals surface area contributed by atoms with E-state index in [2.05, 4.69) is 53.6 Å². The predicted octanol–water partition coefficient (Wildman–Crippen LogP) is 4.45. The zero-order valence-electron chi connectivity index (χ0n) is 16.3. The first kappa shape index (κ1) is 19.4. The summed E-state index contributed by atoms with van der Waals surface area (Å²) in [6.45, 7) is 5.95. The van der Waals surface area contributed by atoms with Crippen LogP contribution in [0.5, 0.6) is 0 Å². The first-order valence-corrected chi connectivity index (χ1v) is 9.22. The van der Waals surface area contributed by atoms with E-state index in [0.29, 0.717) is 5.57 Å². The quantitative estimate of drug-likeness (QED) is 0.556. The number of aromatic nitrogens is 1. The normalized spacial score (nSPS) is 11.6. The largest absolute Gasteiger partial charge is 0.481 e. The molecule has 3 rings (SSSR count). The molecule has 5 heteroatoms. The van der Waals surface area contributed by atoms with Gasteiger partial charge in [0.25, 0.3) is 0 Å². The maximum atomic E-state index is 12.1. The molecule has 1 heterocycles. The fraction of sp³-hybridized carbons (Fsp3) is 0.217. The minimum Gasteiger partial charge on any atom is -0.481 e. The van der Waals surface area contributed by atoms with Gasteiger partial charge in [-0.25, -0.2) is 0 Å². The molecular weight excluding hydrogens is 352 g/mol. The number of amides is 1. The van der Waals surface area contributed by atoms with Gasteiger partial charge >= 0.3 is 5.97 Å². The number of rotatable bonds is 6. The van der Waals surface area contributed by atoms with Gasteiger partial charge in [0.15, 0.2) is 0 Å². The van der Waals surface area contributed by atoms with Crippen molar-refractivity contribution >= 4 is 28.9 Å². The molecule has 2 aromatic carbocycles. The number of hydrogen-bond donors (Lipinski definition) is 3. The molecule has 0 aliphatic rings. The van der Waals surface area contributed by atoms with Gasteiger partial charge in [0.2, 0.25) is 5.91 Å². The number of nitrogens with one attached hydrogen (secondary N) is 2. The van der Waals surface area contributed by atoms with Crippen LogP contribution in [0, 0.1) is 13.8 Å². The standard InChI is InChI=1S/C23H24N2O3/c1-14-12-20(17-4-5-21-18(13-17)6-8-24-21)15(2)10-19(14)11-16(3)23(28)25-9-7-22(26)27/h4-6,8,10-13,24H,7,9H2,1-3H3,(H,25,28)(H,26,27). The van der Waals surface area contributed by atoms with Crippen LogP contribution in [-0.4, -0.2) is 28.5 Å². The van der Waals surface area contributed by atoms with E-state index in [1.807, 2.05) is 19.2 Å². The average Bonchev–Trinajstić information content (AvgIpc) is 3.11. The van der Waals surface area contributed by atoms with Crippen LogP contribution < -0.4 is 5.32 Å². The summed E-state index contributed by atoms with van der Waals surface area (Å²) >= 11 is 0. The third kappa shape index (κ3) is 4.31. The fourth-order valence-corrected chi connectivity index (χ4v) is 3.25. The number of carboxylic acids is 1. The number of aliphatic carboxylic acids is 1. The number of H-pyrrole nitrogens is 1. The first-order chi connectivity index (χ1) is 13.3. The number of fused-ring (bicyclic) bond motifs is 1. The first-order valence-electron chi connectivity index (χ1n) is 9.22. The van der Waals surface area contributed by atoms with Gasteiger partial charge in [0.05, 0.1) is 6.42 Å². The molecule has 0 bridgehead atoms. The average molecular weight is 376 g/mol. The summed E-state index contributed by atoms with van der Waals surface area (Å²) in [7, 11) is 0. The summed E-state index contributed by atoms with van der Waals surface area (Å²) in [5, 5.41) is 12.5. The molecule has 1 aromatic heterocycles. The van der Waals surface area contributed by atoms with Crippen molar-refractivity contribution in [2.75, 3.05) is 6.54 Å². The number of carbonyl (C=O) groups is 2. The summed E-state index contributed by atoms with van der Waals surface area (Å²) in [6.07, 6.45) is 3.69. The Labute approximate surface area is 164 Å².